The number of amides is 3. The number of fused-ring (bicyclic) bond motifs is 4. The first kappa shape index (κ1) is 16.5. The molecule has 2 aromatic carbocycles. The molecule has 0 aromatic heterocycles. The smallest absolute Gasteiger partial charge is 0.291 e. The molecular formula is C20H17ClN3O3+. The van der Waals surface area contributed by atoms with E-state index in [1.165, 1.54) is 4.90 Å². The Morgan fingerprint density at radius 3 is 2.48 bits per heavy atom. The summed E-state index contributed by atoms with van der Waals surface area (Å²) in [6.45, 7) is 1.90. The van der Waals surface area contributed by atoms with Gasteiger partial charge in [0.25, 0.3) is 5.91 Å². The number of benzene rings is 2. The zero-order valence-electron chi connectivity index (χ0n) is 14.5. The van der Waals surface area contributed by atoms with Gasteiger partial charge in [0.2, 0.25) is 17.4 Å². The third-order valence-electron chi connectivity index (χ3n) is 6.02. The Labute approximate surface area is 160 Å². The van der Waals surface area contributed by atoms with Gasteiger partial charge in [-0.15, -0.1) is 0 Å². The highest BCUT2D eigenvalue weighted by molar-refractivity contribution is 6.31. The summed E-state index contributed by atoms with van der Waals surface area (Å²) in [5, 5.41) is 5.31. The van der Waals surface area contributed by atoms with Crippen molar-refractivity contribution in [2.45, 2.75) is 18.5 Å². The van der Waals surface area contributed by atoms with Gasteiger partial charge in [-0.25, -0.2) is 4.90 Å². The van der Waals surface area contributed by atoms with E-state index in [2.05, 4.69) is 5.32 Å². The topological polar surface area (TPSA) is 83.1 Å². The van der Waals surface area contributed by atoms with Crippen LogP contribution in [0, 0.1) is 11.8 Å². The van der Waals surface area contributed by atoms with Gasteiger partial charge in [-0.2, -0.15) is 0 Å². The van der Waals surface area contributed by atoms with Gasteiger partial charge in [-0.05, 0) is 37.3 Å². The molecule has 1 spiro atoms. The van der Waals surface area contributed by atoms with E-state index in [1.54, 1.807) is 24.3 Å². The lowest BCUT2D eigenvalue weighted by atomic mass is 9.76. The van der Waals surface area contributed by atoms with Crippen LogP contribution in [0.3, 0.4) is 0 Å². The number of rotatable bonds is 1. The number of nitrogens with two attached hydrogens (primary N) is 1. The first-order valence-electron chi connectivity index (χ1n) is 8.85. The molecule has 3 amide bonds. The Kier molecular flexibility index (Phi) is 3.30. The van der Waals surface area contributed by atoms with Crippen molar-refractivity contribution in [1.82, 2.24) is 0 Å². The molecule has 2 aromatic rings. The quantitative estimate of drug-likeness (QED) is 0.728. The van der Waals surface area contributed by atoms with Crippen molar-refractivity contribution < 1.29 is 19.7 Å². The average molecular weight is 383 g/mol. The summed E-state index contributed by atoms with van der Waals surface area (Å²) in [5.74, 6) is -2.11. The zero-order valence-corrected chi connectivity index (χ0v) is 15.2. The van der Waals surface area contributed by atoms with Crippen molar-refractivity contribution in [3.8, 4) is 0 Å². The number of hydrogen-bond donors (Lipinski definition) is 2. The molecule has 6 nitrogen and oxygen atoms in total. The number of anilines is 2. The van der Waals surface area contributed by atoms with Crippen LogP contribution in [0.4, 0.5) is 11.4 Å². The van der Waals surface area contributed by atoms with Crippen molar-refractivity contribution in [1.29, 1.82) is 0 Å². The van der Waals surface area contributed by atoms with Gasteiger partial charge in [-0.1, -0.05) is 29.8 Å². The van der Waals surface area contributed by atoms with Gasteiger partial charge < -0.3 is 10.6 Å². The number of imide groups is 1. The molecule has 0 unspecified atom stereocenters. The standard InChI is InChI=1S/C20H16ClN3O3/c1-10-15-16(18(26)24(17(15)25)12-8-6-11(21)7-9-12)20(23-10)13-4-2-3-5-14(13)22-19(20)27/h2-10,15-16,23H,1H3,(H,22,27)/p+1/t10-,15+,16-,20+/m0/s1. The largest absolute Gasteiger partial charge is 0.326 e. The van der Waals surface area contributed by atoms with Gasteiger partial charge in [-0.3, -0.25) is 14.4 Å². The van der Waals surface area contributed by atoms with Gasteiger partial charge in [0.15, 0.2) is 0 Å². The molecule has 3 aliphatic rings. The molecule has 7 heteroatoms. The highest BCUT2D eigenvalue weighted by Gasteiger charge is 2.73. The number of para-hydroxylation sites is 1. The molecule has 5 rings (SSSR count). The second-order valence-corrected chi connectivity index (χ2v) is 7.82. The fourth-order valence-electron chi connectivity index (χ4n) is 4.94. The molecule has 0 bridgehead atoms. The van der Waals surface area contributed by atoms with Crippen LogP contribution in [0.25, 0.3) is 0 Å². The number of halogens is 1. The van der Waals surface area contributed by atoms with E-state index in [0.717, 1.165) is 5.56 Å². The van der Waals surface area contributed by atoms with Crippen LogP contribution >= 0.6 is 11.6 Å². The molecule has 4 atom stereocenters. The third-order valence-corrected chi connectivity index (χ3v) is 6.27. The number of nitrogens with zero attached hydrogens (tertiary/aromatic N) is 1. The van der Waals surface area contributed by atoms with Crippen molar-refractivity contribution in [2.75, 3.05) is 10.2 Å². The molecule has 0 saturated carbocycles. The summed E-state index contributed by atoms with van der Waals surface area (Å²) in [6.07, 6.45) is 0. The summed E-state index contributed by atoms with van der Waals surface area (Å²) in [7, 11) is 0. The van der Waals surface area contributed by atoms with Crippen LogP contribution in [0.1, 0.15) is 12.5 Å². The molecule has 2 fully saturated rings. The normalized spacial score (nSPS) is 31.4. The van der Waals surface area contributed by atoms with Gasteiger partial charge in [0.1, 0.15) is 11.8 Å². The van der Waals surface area contributed by atoms with Gasteiger partial charge in [0, 0.05) is 10.6 Å². The van der Waals surface area contributed by atoms with E-state index in [1.807, 2.05) is 36.5 Å². The summed E-state index contributed by atoms with van der Waals surface area (Å²) in [4.78, 5) is 40.8. The monoisotopic (exact) mass is 382 g/mol. The molecule has 3 aliphatic heterocycles. The average Bonchev–Trinajstić information content (AvgIpc) is 3.21. The minimum Gasteiger partial charge on any atom is -0.326 e. The maximum Gasteiger partial charge on any atom is 0.291 e. The Morgan fingerprint density at radius 2 is 1.74 bits per heavy atom. The van der Waals surface area contributed by atoms with Gasteiger partial charge in [0.05, 0.1) is 17.4 Å². The van der Waals surface area contributed by atoms with Crippen LogP contribution in [-0.2, 0) is 19.9 Å². The number of quaternary nitrogens is 1. The Balaban J connectivity index is 1.66. The van der Waals surface area contributed by atoms with Crippen LogP contribution in [-0.4, -0.2) is 23.8 Å². The molecule has 2 saturated heterocycles. The molecule has 27 heavy (non-hydrogen) atoms. The summed E-state index contributed by atoms with van der Waals surface area (Å²) < 4.78 is 0. The van der Waals surface area contributed by atoms with E-state index >= 15 is 0 Å². The molecule has 0 radical (unpaired) electrons. The van der Waals surface area contributed by atoms with Crippen LogP contribution < -0.4 is 15.5 Å². The van der Waals surface area contributed by atoms with Crippen LogP contribution in [0.2, 0.25) is 5.02 Å². The Morgan fingerprint density at radius 1 is 1.04 bits per heavy atom. The molecule has 136 valence electrons. The second-order valence-electron chi connectivity index (χ2n) is 7.39. The van der Waals surface area contributed by atoms with Crippen molar-refractivity contribution in [3.05, 3.63) is 59.1 Å². The second kappa shape index (κ2) is 5.41. The predicted molar refractivity (Wildman–Crippen MR) is 99.1 cm³/mol. The zero-order chi connectivity index (χ0) is 18.9. The third kappa shape index (κ3) is 1.97. The van der Waals surface area contributed by atoms with Crippen LogP contribution in [0.15, 0.2) is 48.5 Å². The lowest BCUT2D eigenvalue weighted by Crippen LogP contribution is -2.98. The summed E-state index contributed by atoms with van der Waals surface area (Å²) in [6, 6.07) is 13.8. The Bertz CT molecular complexity index is 1010. The van der Waals surface area contributed by atoms with E-state index in [9.17, 15) is 14.4 Å². The molecule has 3 N–H and O–H groups in total. The number of carbonyl (C=O) groups is 3. The fourth-order valence-corrected chi connectivity index (χ4v) is 5.07. The lowest BCUT2D eigenvalue weighted by Gasteiger charge is -2.25. The minimum absolute atomic E-state index is 0.194. The van der Waals surface area contributed by atoms with E-state index in [0.29, 0.717) is 16.4 Å². The van der Waals surface area contributed by atoms with Gasteiger partial charge >= 0.3 is 0 Å². The predicted octanol–water partition coefficient (Wildman–Crippen LogP) is 1.26. The molecule has 3 heterocycles. The molecular weight excluding hydrogens is 366 g/mol. The molecule has 0 aliphatic carbocycles. The SMILES string of the molecule is C[C@@H]1[NH2+][C@@]2(C(=O)Nc3ccccc32)[C@@H]2C(=O)N(c3ccc(Cl)cc3)C(=O)[C@H]12. The first-order chi connectivity index (χ1) is 12.9. The van der Waals surface area contributed by atoms with Crippen molar-refractivity contribution in [2.24, 2.45) is 11.8 Å². The summed E-state index contributed by atoms with van der Waals surface area (Å²) >= 11 is 5.94. The van der Waals surface area contributed by atoms with Crippen molar-refractivity contribution in [3.63, 3.8) is 0 Å². The van der Waals surface area contributed by atoms with E-state index in [4.69, 9.17) is 11.6 Å². The Hall–Kier alpha value is -2.70. The summed E-state index contributed by atoms with van der Waals surface area (Å²) in [5.41, 5.74) is 0.859. The number of carbonyl (C=O) groups excluding carboxylic acids is 3. The fraction of sp³-hybridized carbons (Fsp3) is 0.250. The van der Waals surface area contributed by atoms with E-state index in [-0.39, 0.29) is 23.8 Å². The minimum atomic E-state index is -1.10. The highest BCUT2D eigenvalue weighted by Crippen LogP contribution is 2.49. The van der Waals surface area contributed by atoms with Crippen molar-refractivity contribution >= 4 is 40.7 Å². The van der Waals surface area contributed by atoms with E-state index < -0.39 is 17.4 Å². The van der Waals surface area contributed by atoms with Crippen LogP contribution in [0.5, 0.6) is 0 Å². The number of hydrogen-bond acceptors (Lipinski definition) is 3. The first-order valence-corrected chi connectivity index (χ1v) is 9.23. The lowest BCUT2D eigenvalue weighted by molar-refractivity contribution is -0.730. The highest BCUT2D eigenvalue weighted by atomic mass is 35.5. The number of nitrogens with one attached hydrogen (secondary N) is 1. The maximum atomic E-state index is 13.4. The maximum absolute atomic E-state index is 13.4.